The van der Waals surface area contributed by atoms with Gasteiger partial charge in [-0.25, -0.2) is 4.68 Å². The van der Waals surface area contributed by atoms with E-state index in [0.717, 1.165) is 25.7 Å². The Labute approximate surface area is 126 Å². The first kappa shape index (κ1) is 15.5. The summed E-state index contributed by atoms with van der Waals surface area (Å²) in [5, 5.41) is 7.60. The molecule has 1 aliphatic rings. The van der Waals surface area contributed by atoms with Crippen LogP contribution in [0.3, 0.4) is 0 Å². The third kappa shape index (κ3) is 3.82. The second kappa shape index (κ2) is 7.22. The Morgan fingerprint density at radius 2 is 2.20 bits per heavy atom. The summed E-state index contributed by atoms with van der Waals surface area (Å²) in [6.45, 7) is 2.66. The normalized spacial score (nSPS) is 22.7. The molecule has 0 atom stereocenters. The molecular weight excluding hydrogens is 298 g/mol. The summed E-state index contributed by atoms with van der Waals surface area (Å²) in [6, 6.07) is 0.220. The predicted molar refractivity (Wildman–Crippen MR) is 82.9 cm³/mol. The van der Waals surface area contributed by atoms with Gasteiger partial charge in [0.25, 0.3) is 5.56 Å². The molecular formula is C13H20ClN3O2S. The van der Waals surface area contributed by atoms with Crippen LogP contribution >= 0.6 is 11.6 Å². The molecule has 112 valence electrons. The number of aryl methyl sites for hydroxylation is 1. The largest absolute Gasteiger partial charge is 0.380 e. The summed E-state index contributed by atoms with van der Waals surface area (Å²) >= 11 is 6.13. The van der Waals surface area contributed by atoms with Crippen molar-refractivity contribution in [3.05, 3.63) is 21.6 Å². The average molecular weight is 318 g/mol. The Balaban J connectivity index is 2.07. The molecule has 0 amide bonds. The molecule has 1 aromatic heterocycles. The lowest BCUT2D eigenvalue weighted by atomic mass is 10.1. The molecule has 0 aromatic carbocycles. The van der Waals surface area contributed by atoms with E-state index in [2.05, 4.69) is 17.3 Å². The Hall–Kier alpha value is -0.880. The maximum absolute atomic E-state index is 12.1. The molecule has 1 saturated heterocycles. The Morgan fingerprint density at radius 1 is 1.50 bits per heavy atom. The van der Waals surface area contributed by atoms with Crippen LogP contribution in [0.15, 0.2) is 11.0 Å². The number of halogens is 1. The average Bonchev–Trinajstić information content (AvgIpc) is 2.45. The van der Waals surface area contributed by atoms with Crippen molar-refractivity contribution in [2.75, 3.05) is 16.8 Å². The van der Waals surface area contributed by atoms with Gasteiger partial charge in [-0.3, -0.25) is 9.00 Å². The van der Waals surface area contributed by atoms with Crippen molar-refractivity contribution < 1.29 is 4.21 Å². The van der Waals surface area contributed by atoms with E-state index < -0.39 is 10.8 Å². The summed E-state index contributed by atoms with van der Waals surface area (Å²) in [4.78, 5) is 12.1. The molecule has 0 unspecified atom stereocenters. The second-order valence-corrected chi connectivity index (χ2v) is 7.09. The van der Waals surface area contributed by atoms with Crippen LogP contribution in [0.4, 0.5) is 5.69 Å². The van der Waals surface area contributed by atoms with Gasteiger partial charge in [-0.2, -0.15) is 5.10 Å². The highest BCUT2D eigenvalue weighted by Gasteiger charge is 2.19. The van der Waals surface area contributed by atoms with Gasteiger partial charge in [0.05, 0.1) is 11.9 Å². The van der Waals surface area contributed by atoms with E-state index in [4.69, 9.17) is 11.6 Å². The number of aromatic nitrogens is 2. The highest BCUT2D eigenvalue weighted by atomic mass is 35.5. The first-order chi connectivity index (χ1) is 9.61. The number of anilines is 1. The molecule has 5 nitrogen and oxygen atoms in total. The van der Waals surface area contributed by atoms with Crippen molar-refractivity contribution in [1.29, 1.82) is 0 Å². The molecule has 0 radical (unpaired) electrons. The third-order valence-electron chi connectivity index (χ3n) is 3.46. The molecule has 2 rings (SSSR count). The smallest absolute Gasteiger partial charge is 0.287 e. The molecule has 0 spiro atoms. The third-order valence-corrected chi connectivity index (χ3v) is 5.20. The van der Waals surface area contributed by atoms with Crippen molar-refractivity contribution in [3.63, 3.8) is 0 Å². The number of rotatable bonds is 5. The number of nitrogens with zero attached hydrogens (tertiary/aromatic N) is 2. The quantitative estimate of drug-likeness (QED) is 0.902. The molecule has 1 N–H and O–H groups in total. The molecule has 0 bridgehead atoms. The van der Waals surface area contributed by atoms with Crippen LogP contribution in [-0.2, 0) is 17.3 Å². The maximum Gasteiger partial charge on any atom is 0.287 e. The number of hydrogen-bond donors (Lipinski definition) is 1. The van der Waals surface area contributed by atoms with Crippen molar-refractivity contribution in [2.45, 2.75) is 45.2 Å². The summed E-state index contributed by atoms with van der Waals surface area (Å²) in [5.41, 5.74) is 0.339. The molecule has 2 heterocycles. The van der Waals surface area contributed by atoms with Crippen molar-refractivity contribution in [1.82, 2.24) is 9.78 Å². The van der Waals surface area contributed by atoms with Crippen LogP contribution < -0.4 is 10.9 Å². The fourth-order valence-electron chi connectivity index (χ4n) is 2.19. The molecule has 20 heavy (non-hydrogen) atoms. The van der Waals surface area contributed by atoms with Gasteiger partial charge in [-0.05, 0) is 19.3 Å². The van der Waals surface area contributed by atoms with Gasteiger partial charge >= 0.3 is 0 Å². The highest BCUT2D eigenvalue weighted by Crippen LogP contribution is 2.20. The van der Waals surface area contributed by atoms with Crippen molar-refractivity contribution in [2.24, 2.45) is 0 Å². The lowest BCUT2D eigenvalue weighted by Crippen LogP contribution is -2.31. The van der Waals surface area contributed by atoms with Crippen LogP contribution in [0, 0.1) is 0 Å². The molecule has 7 heteroatoms. The second-order valence-electron chi connectivity index (χ2n) is 5.02. The molecule has 1 aromatic rings. The fourth-order valence-corrected chi connectivity index (χ4v) is 3.69. The van der Waals surface area contributed by atoms with Gasteiger partial charge < -0.3 is 5.32 Å². The minimum Gasteiger partial charge on any atom is -0.380 e. The Bertz CT molecular complexity index is 537. The standard InChI is InChI=1S/C13H20ClN3O2S/c1-2-3-6-17-13(18)12(14)11(9-15-17)16-10-4-7-20(19)8-5-10/h9-10,16H,2-8H2,1H3. The van der Waals surface area contributed by atoms with E-state index in [-0.39, 0.29) is 16.6 Å². The van der Waals surface area contributed by atoms with Gasteiger partial charge in [0, 0.05) is 34.9 Å². The minimum atomic E-state index is -0.691. The number of unbranched alkanes of at least 4 members (excludes halogenated alkanes) is 1. The van der Waals surface area contributed by atoms with Crippen LogP contribution in [0.2, 0.25) is 5.02 Å². The lowest BCUT2D eigenvalue weighted by Gasteiger charge is -2.23. The van der Waals surface area contributed by atoms with Gasteiger partial charge in [0.15, 0.2) is 0 Å². The first-order valence-electron chi connectivity index (χ1n) is 6.99. The zero-order valence-electron chi connectivity index (χ0n) is 11.6. The van der Waals surface area contributed by atoms with E-state index in [1.807, 2.05) is 0 Å². The maximum atomic E-state index is 12.1. The van der Waals surface area contributed by atoms with Crippen LogP contribution in [-0.4, -0.2) is 31.5 Å². The zero-order chi connectivity index (χ0) is 14.5. The van der Waals surface area contributed by atoms with Gasteiger partial charge in [0.2, 0.25) is 0 Å². The molecule has 1 fully saturated rings. The summed E-state index contributed by atoms with van der Waals surface area (Å²) in [5.74, 6) is 1.41. The lowest BCUT2D eigenvalue weighted by molar-refractivity contribution is 0.542. The number of hydrogen-bond acceptors (Lipinski definition) is 4. The SMILES string of the molecule is CCCCn1ncc(NC2CCS(=O)CC2)c(Cl)c1=O. The van der Waals surface area contributed by atoms with Crippen molar-refractivity contribution >= 4 is 28.1 Å². The Kier molecular flexibility index (Phi) is 5.60. The van der Waals surface area contributed by atoms with Gasteiger partial charge in [-0.1, -0.05) is 24.9 Å². The molecule has 1 aliphatic heterocycles. The van der Waals surface area contributed by atoms with E-state index >= 15 is 0 Å². The van der Waals surface area contributed by atoms with Crippen LogP contribution in [0.5, 0.6) is 0 Å². The summed E-state index contributed by atoms with van der Waals surface area (Å²) in [6.07, 6.45) is 5.20. The number of nitrogens with one attached hydrogen (secondary N) is 1. The van der Waals surface area contributed by atoms with Crippen LogP contribution in [0.25, 0.3) is 0 Å². The van der Waals surface area contributed by atoms with Crippen LogP contribution in [0.1, 0.15) is 32.6 Å². The van der Waals surface area contributed by atoms with Gasteiger partial charge in [-0.15, -0.1) is 0 Å². The fraction of sp³-hybridized carbons (Fsp3) is 0.692. The molecule has 0 aliphatic carbocycles. The first-order valence-corrected chi connectivity index (χ1v) is 8.85. The molecule has 0 saturated carbocycles. The Morgan fingerprint density at radius 3 is 2.85 bits per heavy atom. The van der Waals surface area contributed by atoms with E-state index in [1.165, 1.54) is 4.68 Å². The van der Waals surface area contributed by atoms with Gasteiger partial charge in [0.1, 0.15) is 5.02 Å². The van der Waals surface area contributed by atoms with E-state index in [0.29, 0.717) is 23.7 Å². The predicted octanol–water partition coefficient (Wildman–Crippen LogP) is 2.02. The monoisotopic (exact) mass is 317 g/mol. The van der Waals surface area contributed by atoms with E-state index in [9.17, 15) is 9.00 Å². The highest BCUT2D eigenvalue weighted by molar-refractivity contribution is 7.85. The minimum absolute atomic E-state index is 0.197. The van der Waals surface area contributed by atoms with Crippen molar-refractivity contribution in [3.8, 4) is 0 Å². The van der Waals surface area contributed by atoms with E-state index in [1.54, 1.807) is 6.20 Å². The topological polar surface area (TPSA) is 64.0 Å². The zero-order valence-corrected chi connectivity index (χ0v) is 13.2. The summed E-state index contributed by atoms with van der Waals surface area (Å²) < 4.78 is 12.7. The summed E-state index contributed by atoms with van der Waals surface area (Å²) in [7, 11) is -0.691.